The van der Waals surface area contributed by atoms with Crippen LogP contribution < -0.4 is 5.32 Å². The Bertz CT molecular complexity index is 792. The third-order valence-electron chi connectivity index (χ3n) is 3.94. The van der Waals surface area contributed by atoms with E-state index in [9.17, 15) is 12.8 Å². The molecular formula is C19H25FN2O2S. The van der Waals surface area contributed by atoms with E-state index in [1.54, 1.807) is 0 Å². The zero-order valence-electron chi connectivity index (χ0n) is 14.9. The Morgan fingerprint density at radius 1 is 1.12 bits per heavy atom. The van der Waals surface area contributed by atoms with E-state index in [0.717, 1.165) is 11.6 Å². The van der Waals surface area contributed by atoms with Crippen LogP contribution >= 0.6 is 0 Å². The summed E-state index contributed by atoms with van der Waals surface area (Å²) in [7, 11) is -3.83. The van der Waals surface area contributed by atoms with Gasteiger partial charge in [0, 0.05) is 19.1 Å². The summed E-state index contributed by atoms with van der Waals surface area (Å²) in [5.74, 6) is -0.553. The Labute approximate surface area is 149 Å². The van der Waals surface area contributed by atoms with Crippen molar-refractivity contribution in [3.05, 3.63) is 65.5 Å². The fourth-order valence-electron chi connectivity index (χ4n) is 2.61. The summed E-state index contributed by atoms with van der Waals surface area (Å²) in [6.45, 7) is 6.91. The van der Waals surface area contributed by atoms with Gasteiger partial charge in [0.2, 0.25) is 10.0 Å². The van der Waals surface area contributed by atoms with Crippen LogP contribution in [-0.4, -0.2) is 25.3 Å². The molecule has 2 aromatic rings. The molecule has 0 bridgehead atoms. The number of halogens is 1. The van der Waals surface area contributed by atoms with Crippen molar-refractivity contribution in [3.8, 4) is 0 Å². The highest BCUT2D eigenvalue weighted by Gasteiger charge is 2.29. The van der Waals surface area contributed by atoms with Crippen molar-refractivity contribution in [1.82, 2.24) is 9.62 Å². The second kappa shape index (κ2) is 8.56. The Morgan fingerprint density at radius 2 is 1.80 bits per heavy atom. The smallest absolute Gasteiger partial charge is 0.244 e. The lowest BCUT2D eigenvalue weighted by Crippen LogP contribution is -2.37. The molecule has 0 amide bonds. The third kappa shape index (κ3) is 4.87. The zero-order chi connectivity index (χ0) is 18.4. The quantitative estimate of drug-likeness (QED) is 0.779. The molecule has 0 unspecified atom stereocenters. The lowest BCUT2D eigenvalue weighted by atomic mass is 10.2. The minimum Gasteiger partial charge on any atom is -0.313 e. The van der Waals surface area contributed by atoms with Crippen LogP contribution in [-0.2, 0) is 23.1 Å². The number of nitrogens with zero attached hydrogens (tertiary/aromatic N) is 1. The lowest BCUT2D eigenvalue weighted by Gasteiger charge is -2.27. The van der Waals surface area contributed by atoms with Crippen molar-refractivity contribution in [3.63, 3.8) is 0 Å². The summed E-state index contributed by atoms with van der Waals surface area (Å²) >= 11 is 0. The molecule has 0 saturated heterocycles. The molecule has 2 rings (SSSR count). The Balaban J connectivity index is 2.44. The minimum absolute atomic E-state index is 0.0260. The van der Waals surface area contributed by atoms with E-state index < -0.39 is 15.8 Å². The molecule has 0 heterocycles. The first-order valence-electron chi connectivity index (χ1n) is 8.41. The maximum Gasteiger partial charge on any atom is 0.244 e. The van der Waals surface area contributed by atoms with E-state index in [1.165, 1.54) is 16.4 Å². The van der Waals surface area contributed by atoms with Crippen LogP contribution in [0.15, 0.2) is 53.4 Å². The molecule has 6 heteroatoms. The maximum atomic E-state index is 13.8. The molecule has 2 aromatic carbocycles. The highest BCUT2D eigenvalue weighted by molar-refractivity contribution is 7.89. The standard InChI is InChI=1S/C19H25FN2O2S/c1-4-21-13-17-10-11-18(20)12-19(17)25(23,24)22(15(2)3)14-16-8-6-5-7-9-16/h5-12,15,21H,4,13-14H2,1-3H3. The monoisotopic (exact) mass is 364 g/mol. The molecule has 0 aliphatic carbocycles. The predicted molar refractivity (Wildman–Crippen MR) is 98.1 cm³/mol. The van der Waals surface area contributed by atoms with Crippen molar-refractivity contribution in [1.29, 1.82) is 0 Å². The molecule has 0 radical (unpaired) electrons. The lowest BCUT2D eigenvalue weighted by molar-refractivity contribution is 0.347. The van der Waals surface area contributed by atoms with Crippen LogP contribution in [0, 0.1) is 5.82 Å². The highest BCUT2D eigenvalue weighted by Crippen LogP contribution is 2.25. The normalized spacial score (nSPS) is 12.1. The number of nitrogens with one attached hydrogen (secondary N) is 1. The SMILES string of the molecule is CCNCc1ccc(F)cc1S(=O)(=O)N(Cc1ccccc1)C(C)C. The van der Waals surface area contributed by atoms with Gasteiger partial charge in [0.05, 0.1) is 4.90 Å². The van der Waals surface area contributed by atoms with Crippen molar-refractivity contribution >= 4 is 10.0 Å². The average Bonchev–Trinajstić information content (AvgIpc) is 2.59. The Kier molecular flexibility index (Phi) is 6.70. The van der Waals surface area contributed by atoms with Gasteiger partial charge in [-0.25, -0.2) is 12.8 Å². The molecule has 1 N–H and O–H groups in total. The van der Waals surface area contributed by atoms with Crippen molar-refractivity contribution in [2.45, 2.75) is 44.8 Å². The van der Waals surface area contributed by atoms with E-state index in [4.69, 9.17) is 0 Å². The van der Waals surface area contributed by atoms with Crippen LogP contribution in [0.2, 0.25) is 0 Å². The van der Waals surface area contributed by atoms with Crippen molar-refractivity contribution < 1.29 is 12.8 Å². The largest absolute Gasteiger partial charge is 0.313 e. The summed E-state index contributed by atoms with van der Waals surface area (Å²) in [4.78, 5) is 0.0260. The van der Waals surface area contributed by atoms with Crippen LogP contribution in [0.5, 0.6) is 0 Å². The number of benzene rings is 2. The molecule has 0 fully saturated rings. The number of sulfonamides is 1. The van der Waals surface area contributed by atoms with Crippen LogP contribution in [0.4, 0.5) is 4.39 Å². The topological polar surface area (TPSA) is 49.4 Å². The van der Waals surface area contributed by atoms with Gasteiger partial charge in [0.1, 0.15) is 5.82 Å². The molecule has 0 saturated carbocycles. The number of hydrogen-bond donors (Lipinski definition) is 1. The van der Waals surface area contributed by atoms with Crippen LogP contribution in [0.3, 0.4) is 0 Å². The molecule has 25 heavy (non-hydrogen) atoms. The first-order chi connectivity index (χ1) is 11.9. The van der Waals surface area contributed by atoms with Crippen LogP contribution in [0.25, 0.3) is 0 Å². The maximum absolute atomic E-state index is 13.8. The molecule has 0 spiro atoms. The number of hydrogen-bond acceptors (Lipinski definition) is 3. The zero-order valence-corrected chi connectivity index (χ0v) is 15.7. The van der Waals surface area contributed by atoms with Gasteiger partial charge in [-0.3, -0.25) is 0 Å². The van der Waals surface area contributed by atoms with Gasteiger partial charge in [0.25, 0.3) is 0 Å². The van der Waals surface area contributed by atoms with Gasteiger partial charge in [-0.15, -0.1) is 0 Å². The fourth-order valence-corrected chi connectivity index (χ4v) is 4.47. The Hall–Kier alpha value is -1.76. The molecular weight excluding hydrogens is 339 g/mol. The first-order valence-corrected chi connectivity index (χ1v) is 9.85. The number of rotatable bonds is 8. The van der Waals surface area contributed by atoms with E-state index in [-0.39, 0.29) is 17.5 Å². The molecule has 0 aliphatic rings. The summed E-state index contributed by atoms with van der Waals surface area (Å²) in [6.07, 6.45) is 0. The Morgan fingerprint density at radius 3 is 2.40 bits per heavy atom. The summed E-state index contributed by atoms with van der Waals surface area (Å²) in [5, 5.41) is 3.11. The minimum atomic E-state index is -3.83. The summed E-state index contributed by atoms with van der Waals surface area (Å²) in [5.41, 5.74) is 1.46. The highest BCUT2D eigenvalue weighted by atomic mass is 32.2. The van der Waals surface area contributed by atoms with E-state index in [1.807, 2.05) is 51.1 Å². The van der Waals surface area contributed by atoms with Crippen molar-refractivity contribution in [2.75, 3.05) is 6.54 Å². The fraction of sp³-hybridized carbons (Fsp3) is 0.368. The molecule has 4 nitrogen and oxygen atoms in total. The summed E-state index contributed by atoms with van der Waals surface area (Å²) in [6, 6.07) is 13.1. The molecule has 0 aliphatic heterocycles. The van der Waals surface area contributed by atoms with E-state index in [2.05, 4.69) is 5.32 Å². The molecule has 0 atom stereocenters. The third-order valence-corrected chi connectivity index (χ3v) is 6.04. The van der Waals surface area contributed by atoms with Gasteiger partial charge in [-0.2, -0.15) is 4.31 Å². The van der Waals surface area contributed by atoms with Gasteiger partial charge >= 0.3 is 0 Å². The second-order valence-electron chi connectivity index (χ2n) is 6.16. The first kappa shape index (κ1) is 19.6. The van der Waals surface area contributed by atoms with Gasteiger partial charge in [-0.1, -0.05) is 43.3 Å². The van der Waals surface area contributed by atoms with Gasteiger partial charge in [-0.05, 0) is 43.7 Å². The average molecular weight is 364 g/mol. The van der Waals surface area contributed by atoms with Crippen LogP contribution in [0.1, 0.15) is 31.9 Å². The van der Waals surface area contributed by atoms with Gasteiger partial charge in [0.15, 0.2) is 0 Å². The predicted octanol–water partition coefficient (Wildman–Crippen LogP) is 3.53. The van der Waals surface area contributed by atoms with Crippen molar-refractivity contribution in [2.24, 2.45) is 0 Å². The molecule has 136 valence electrons. The van der Waals surface area contributed by atoms with E-state index in [0.29, 0.717) is 18.7 Å². The summed E-state index contributed by atoms with van der Waals surface area (Å²) < 4.78 is 41.7. The molecule has 0 aromatic heterocycles. The second-order valence-corrected chi connectivity index (χ2v) is 8.02. The van der Waals surface area contributed by atoms with Gasteiger partial charge < -0.3 is 5.32 Å². The van der Waals surface area contributed by atoms with E-state index >= 15 is 0 Å².